The van der Waals surface area contributed by atoms with Crippen LogP contribution in [-0.2, 0) is 14.8 Å². The maximum atomic E-state index is 13.3. The summed E-state index contributed by atoms with van der Waals surface area (Å²) in [6.07, 6.45) is 0.188. The number of carbonyl (C=O) groups excluding carboxylic acids is 1. The Hall–Kier alpha value is -2.22. The van der Waals surface area contributed by atoms with Crippen molar-refractivity contribution in [3.8, 4) is 0 Å². The molecule has 1 heterocycles. The van der Waals surface area contributed by atoms with Gasteiger partial charge in [0, 0.05) is 45.7 Å². The Kier molecular flexibility index (Phi) is 7.41. The predicted molar refractivity (Wildman–Crippen MR) is 114 cm³/mol. The Morgan fingerprint density at radius 2 is 1.62 bits per heavy atom. The SMILES string of the molecule is CC(CN(CCC(=O)N1CCNCC1)S(=O)(=O)c1ccccc1)c1ccccc1. The van der Waals surface area contributed by atoms with Crippen LogP contribution in [0.25, 0.3) is 0 Å². The van der Waals surface area contributed by atoms with E-state index in [9.17, 15) is 13.2 Å². The van der Waals surface area contributed by atoms with E-state index < -0.39 is 10.0 Å². The first-order chi connectivity index (χ1) is 14.0. The Labute approximate surface area is 173 Å². The van der Waals surface area contributed by atoms with Gasteiger partial charge in [-0.15, -0.1) is 0 Å². The molecule has 1 atom stereocenters. The molecule has 1 N–H and O–H groups in total. The summed E-state index contributed by atoms with van der Waals surface area (Å²) < 4.78 is 28.0. The van der Waals surface area contributed by atoms with Gasteiger partial charge in [0.25, 0.3) is 0 Å². The highest BCUT2D eigenvalue weighted by Crippen LogP contribution is 2.22. The van der Waals surface area contributed by atoms with Crippen LogP contribution < -0.4 is 5.32 Å². The average Bonchev–Trinajstić information content (AvgIpc) is 2.78. The number of amides is 1. The van der Waals surface area contributed by atoms with E-state index in [4.69, 9.17) is 0 Å². The van der Waals surface area contributed by atoms with E-state index in [-0.39, 0.29) is 29.7 Å². The van der Waals surface area contributed by atoms with Gasteiger partial charge in [-0.3, -0.25) is 4.79 Å². The molecule has 0 saturated carbocycles. The summed E-state index contributed by atoms with van der Waals surface area (Å²) in [4.78, 5) is 14.7. The molecule has 1 aliphatic rings. The van der Waals surface area contributed by atoms with E-state index in [1.807, 2.05) is 42.2 Å². The van der Waals surface area contributed by atoms with Crippen LogP contribution in [0.3, 0.4) is 0 Å². The normalized spacial score (nSPS) is 16.0. The lowest BCUT2D eigenvalue weighted by atomic mass is 10.0. The number of benzene rings is 2. The fourth-order valence-corrected chi connectivity index (χ4v) is 5.09. The minimum atomic E-state index is -3.68. The van der Waals surface area contributed by atoms with Crippen LogP contribution in [0.2, 0.25) is 0 Å². The number of hydrogen-bond acceptors (Lipinski definition) is 4. The summed E-state index contributed by atoms with van der Waals surface area (Å²) in [6.45, 7) is 5.43. The molecule has 2 aromatic carbocycles. The van der Waals surface area contributed by atoms with Crippen LogP contribution in [0.4, 0.5) is 0 Å². The topological polar surface area (TPSA) is 69.7 Å². The Morgan fingerprint density at radius 3 is 2.24 bits per heavy atom. The lowest BCUT2D eigenvalue weighted by Gasteiger charge is -2.29. The van der Waals surface area contributed by atoms with Gasteiger partial charge in [0.05, 0.1) is 4.90 Å². The molecule has 7 heteroatoms. The van der Waals surface area contributed by atoms with Crippen LogP contribution in [0, 0.1) is 0 Å². The number of sulfonamides is 1. The summed E-state index contributed by atoms with van der Waals surface area (Å²) >= 11 is 0. The Bertz CT molecular complexity index is 882. The molecular formula is C22H29N3O3S. The van der Waals surface area contributed by atoms with Crippen LogP contribution >= 0.6 is 0 Å². The van der Waals surface area contributed by atoms with Gasteiger partial charge in [0.2, 0.25) is 15.9 Å². The molecule has 0 radical (unpaired) electrons. The molecule has 1 unspecified atom stereocenters. The van der Waals surface area contributed by atoms with E-state index in [0.29, 0.717) is 19.6 Å². The zero-order valence-electron chi connectivity index (χ0n) is 16.8. The molecule has 1 fully saturated rings. The molecule has 1 saturated heterocycles. The number of carbonyl (C=O) groups is 1. The number of hydrogen-bond donors (Lipinski definition) is 1. The van der Waals surface area contributed by atoms with Crippen molar-refractivity contribution in [2.45, 2.75) is 24.2 Å². The van der Waals surface area contributed by atoms with Gasteiger partial charge in [0.15, 0.2) is 0 Å². The van der Waals surface area contributed by atoms with Gasteiger partial charge in [-0.05, 0) is 23.6 Å². The van der Waals surface area contributed by atoms with Gasteiger partial charge in [-0.25, -0.2) is 8.42 Å². The van der Waals surface area contributed by atoms with E-state index in [0.717, 1.165) is 18.7 Å². The standard InChI is InChI=1S/C22H29N3O3S/c1-19(20-8-4-2-5-9-20)18-25(29(27,28)21-10-6-3-7-11-21)15-12-22(26)24-16-13-23-14-17-24/h2-11,19,23H,12-18H2,1H3. The van der Waals surface area contributed by atoms with Crippen LogP contribution in [0.5, 0.6) is 0 Å². The smallest absolute Gasteiger partial charge is 0.243 e. The lowest BCUT2D eigenvalue weighted by molar-refractivity contribution is -0.131. The number of rotatable bonds is 8. The molecule has 1 amide bonds. The van der Waals surface area contributed by atoms with Crippen molar-refractivity contribution < 1.29 is 13.2 Å². The average molecular weight is 416 g/mol. The second kappa shape index (κ2) is 10.0. The highest BCUT2D eigenvalue weighted by molar-refractivity contribution is 7.89. The van der Waals surface area contributed by atoms with E-state index >= 15 is 0 Å². The van der Waals surface area contributed by atoms with Crippen molar-refractivity contribution in [2.75, 3.05) is 39.3 Å². The monoisotopic (exact) mass is 415 g/mol. The minimum absolute atomic E-state index is 0.00660. The molecule has 29 heavy (non-hydrogen) atoms. The first-order valence-corrected chi connectivity index (χ1v) is 11.5. The zero-order valence-corrected chi connectivity index (χ0v) is 17.6. The maximum absolute atomic E-state index is 13.3. The second-order valence-corrected chi connectivity index (χ2v) is 9.31. The third-order valence-electron chi connectivity index (χ3n) is 5.27. The minimum Gasteiger partial charge on any atom is -0.340 e. The van der Waals surface area contributed by atoms with Gasteiger partial charge >= 0.3 is 0 Å². The molecule has 0 bridgehead atoms. The summed E-state index contributed by atoms with van der Waals surface area (Å²) in [5.74, 6) is 0.0242. The van der Waals surface area contributed by atoms with E-state index in [1.165, 1.54) is 4.31 Å². The molecule has 0 spiro atoms. The molecule has 0 aliphatic carbocycles. The largest absolute Gasteiger partial charge is 0.340 e. The Balaban J connectivity index is 1.76. The van der Waals surface area contributed by atoms with Crippen molar-refractivity contribution in [2.24, 2.45) is 0 Å². The molecule has 0 aromatic heterocycles. The molecule has 2 aromatic rings. The van der Waals surface area contributed by atoms with Crippen LogP contribution in [0.1, 0.15) is 24.8 Å². The van der Waals surface area contributed by atoms with Crippen molar-refractivity contribution in [3.63, 3.8) is 0 Å². The lowest BCUT2D eigenvalue weighted by Crippen LogP contribution is -2.47. The van der Waals surface area contributed by atoms with Crippen molar-refractivity contribution in [1.82, 2.24) is 14.5 Å². The molecule has 156 valence electrons. The predicted octanol–water partition coefficient (Wildman–Crippen LogP) is 2.30. The highest BCUT2D eigenvalue weighted by atomic mass is 32.2. The summed E-state index contributed by atoms with van der Waals surface area (Å²) in [5.41, 5.74) is 1.08. The van der Waals surface area contributed by atoms with Crippen LogP contribution in [0.15, 0.2) is 65.6 Å². The third kappa shape index (κ3) is 5.65. The summed E-state index contributed by atoms with van der Waals surface area (Å²) in [5, 5.41) is 3.22. The zero-order chi connectivity index (χ0) is 20.7. The molecule has 1 aliphatic heterocycles. The van der Waals surface area contributed by atoms with Crippen molar-refractivity contribution in [3.05, 3.63) is 66.2 Å². The molecule has 3 rings (SSSR count). The summed E-state index contributed by atoms with van der Waals surface area (Å²) in [7, 11) is -3.68. The number of nitrogens with one attached hydrogen (secondary N) is 1. The highest BCUT2D eigenvalue weighted by Gasteiger charge is 2.27. The number of nitrogens with zero attached hydrogens (tertiary/aromatic N) is 2. The van der Waals surface area contributed by atoms with E-state index in [2.05, 4.69) is 5.32 Å². The van der Waals surface area contributed by atoms with Crippen molar-refractivity contribution in [1.29, 1.82) is 0 Å². The Morgan fingerprint density at radius 1 is 1.03 bits per heavy atom. The van der Waals surface area contributed by atoms with Crippen LogP contribution in [-0.4, -0.2) is 62.8 Å². The van der Waals surface area contributed by atoms with Gasteiger partial charge in [-0.1, -0.05) is 55.5 Å². The first-order valence-electron chi connectivity index (χ1n) is 10.1. The number of piperazine rings is 1. The van der Waals surface area contributed by atoms with Crippen molar-refractivity contribution >= 4 is 15.9 Å². The van der Waals surface area contributed by atoms with E-state index in [1.54, 1.807) is 30.3 Å². The fraction of sp³-hybridized carbons (Fsp3) is 0.409. The fourth-order valence-electron chi connectivity index (χ4n) is 3.54. The summed E-state index contributed by atoms with van der Waals surface area (Å²) in [6, 6.07) is 18.3. The second-order valence-electron chi connectivity index (χ2n) is 7.37. The first kappa shape index (κ1) is 21.5. The van der Waals surface area contributed by atoms with Gasteiger partial charge in [0.1, 0.15) is 0 Å². The quantitative estimate of drug-likeness (QED) is 0.718. The third-order valence-corrected chi connectivity index (χ3v) is 7.15. The molecular weight excluding hydrogens is 386 g/mol. The van der Waals surface area contributed by atoms with Gasteiger partial charge < -0.3 is 10.2 Å². The molecule has 6 nitrogen and oxygen atoms in total. The van der Waals surface area contributed by atoms with Gasteiger partial charge in [-0.2, -0.15) is 4.31 Å². The maximum Gasteiger partial charge on any atom is 0.243 e.